The Kier molecular flexibility index (Phi) is 8.95. The van der Waals surface area contributed by atoms with Crippen molar-refractivity contribution in [1.29, 1.82) is 0 Å². The number of aromatic nitrogens is 1. The molecule has 0 saturated heterocycles. The van der Waals surface area contributed by atoms with E-state index in [4.69, 9.17) is 0 Å². The molecule has 1 aromatic heterocycles. The van der Waals surface area contributed by atoms with Gasteiger partial charge in [0.2, 0.25) is 0 Å². The first kappa shape index (κ1) is 20.2. The lowest BCUT2D eigenvalue weighted by molar-refractivity contribution is -0.671. The molecular weight excluding hydrogens is 316 g/mol. The zero-order valence-electron chi connectivity index (χ0n) is 16.8. The van der Waals surface area contributed by atoms with E-state index in [1.54, 1.807) is 0 Å². The van der Waals surface area contributed by atoms with Gasteiger partial charge in [0, 0.05) is 30.9 Å². The maximum absolute atomic E-state index is 2.57. The van der Waals surface area contributed by atoms with Crippen LogP contribution in [0.1, 0.15) is 63.5 Å². The van der Waals surface area contributed by atoms with E-state index in [-0.39, 0.29) is 0 Å². The number of unbranched alkanes of at least 4 members (excludes halogenated alkanes) is 4. The topological polar surface area (TPSA) is 7.12 Å². The quantitative estimate of drug-likeness (QED) is 0.363. The monoisotopic (exact) mass is 351 g/mol. The van der Waals surface area contributed by atoms with Gasteiger partial charge < -0.3 is 4.90 Å². The minimum Gasteiger partial charge on any atom is -0.372 e. The van der Waals surface area contributed by atoms with Crippen LogP contribution in [0.4, 0.5) is 5.69 Å². The minimum atomic E-state index is 1.17. The highest BCUT2D eigenvalue weighted by molar-refractivity contribution is 5.70. The van der Waals surface area contributed by atoms with E-state index < -0.39 is 0 Å². The molecule has 1 aromatic carbocycles. The van der Waals surface area contributed by atoms with E-state index >= 15 is 0 Å². The average Bonchev–Trinajstić information content (AvgIpc) is 2.67. The zero-order chi connectivity index (χ0) is 18.6. The molecule has 2 heteroatoms. The highest BCUT2D eigenvalue weighted by atomic mass is 15.1. The van der Waals surface area contributed by atoms with Crippen LogP contribution in [-0.2, 0) is 7.05 Å². The van der Waals surface area contributed by atoms with E-state index in [9.17, 15) is 0 Å². The molecule has 2 rings (SSSR count). The summed E-state index contributed by atoms with van der Waals surface area (Å²) in [5, 5.41) is 0. The van der Waals surface area contributed by atoms with E-state index in [1.807, 2.05) is 7.05 Å². The van der Waals surface area contributed by atoms with Crippen molar-refractivity contribution >= 4 is 17.8 Å². The van der Waals surface area contributed by atoms with Crippen LogP contribution >= 0.6 is 0 Å². The van der Waals surface area contributed by atoms with Gasteiger partial charge in [0.25, 0.3) is 0 Å². The Hall–Kier alpha value is -2.09. The standard InChI is InChI=1S/C24H35N2/c1-4-6-8-18-26(19-9-7-5-2)24-14-12-22(13-15-24)10-11-23-16-20-25(3)21-17-23/h10-17,20-21H,4-9,18-19H2,1-3H3/q+1. The highest BCUT2D eigenvalue weighted by Gasteiger charge is 2.05. The second-order valence-corrected chi connectivity index (χ2v) is 7.12. The molecule has 0 N–H and O–H groups in total. The van der Waals surface area contributed by atoms with Gasteiger partial charge in [-0.15, -0.1) is 0 Å². The fourth-order valence-electron chi connectivity index (χ4n) is 3.09. The van der Waals surface area contributed by atoms with Gasteiger partial charge in [-0.1, -0.05) is 63.8 Å². The van der Waals surface area contributed by atoms with Crippen LogP contribution in [0.3, 0.4) is 0 Å². The van der Waals surface area contributed by atoms with Gasteiger partial charge in [-0.3, -0.25) is 0 Å². The molecule has 0 aliphatic rings. The minimum absolute atomic E-state index is 1.17. The molecule has 140 valence electrons. The van der Waals surface area contributed by atoms with Crippen LogP contribution in [0.5, 0.6) is 0 Å². The van der Waals surface area contributed by atoms with E-state index in [0.717, 1.165) is 0 Å². The molecule has 0 fully saturated rings. The molecule has 2 nitrogen and oxygen atoms in total. The number of hydrogen-bond acceptors (Lipinski definition) is 1. The number of benzene rings is 1. The number of hydrogen-bond donors (Lipinski definition) is 0. The third-order valence-corrected chi connectivity index (χ3v) is 4.79. The maximum atomic E-state index is 2.57. The van der Waals surface area contributed by atoms with Gasteiger partial charge in [0.1, 0.15) is 7.05 Å². The van der Waals surface area contributed by atoms with Crippen molar-refractivity contribution in [3.63, 3.8) is 0 Å². The first-order valence-electron chi connectivity index (χ1n) is 10.2. The molecule has 0 amide bonds. The number of aryl methyl sites for hydroxylation is 1. The van der Waals surface area contributed by atoms with Crippen molar-refractivity contribution in [3.8, 4) is 0 Å². The first-order valence-corrected chi connectivity index (χ1v) is 10.2. The molecule has 0 saturated carbocycles. The SMILES string of the molecule is CCCCCN(CCCCC)c1ccc(C=Cc2cc[n+](C)cc2)cc1. The number of anilines is 1. The predicted octanol–water partition coefficient (Wildman–Crippen LogP) is 5.87. The van der Waals surface area contributed by atoms with Crippen molar-refractivity contribution in [2.75, 3.05) is 18.0 Å². The van der Waals surface area contributed by atoms with Crippen LogP contribution in [0, 0.1) is 0 Å². The third-order valence-electron chi connectivity index (χ3n) is 4.79. The lowest BCUT2D eigenvalue weighted by Gasteiger charge is -2.25. The largest absolute Gasteiger partial charge is 0.372 e. The lowest BCUT2D eigenvalue weighted by Crippen LogP contribution is -2.25. The number of rotatable bonds is 11. The highest BCUT2D eigenvalue weighted by Crippen LogP contribution is 2.19. The molecule has 0 radical (unpaired) electrons. The summed E-state index contributed by atoms with van der Waals surface area (Å²) in [5.41, 5.74) is 3.85. The summed E-state index contributed by atoms with van der Waals surface area (Å²) in [6.07, 6.45) is 16.3. The lowest BCUT2D eigenvalue weighted by atomic mass is 10.1. The third kappa shape index (κ3) is 7.03. The van der Waals surface area contributed by atoms with Gasteiger partial charge in [0.05, 0.1) is 0 Å². The van der Waals surface area contributed by atoms with Crippen LogP contribution in [0.25, 0.3) is 12.2 Å². The van der Waals surface area contributed by atoms with Gasteiger partial charge in [-0.2, -0.15) is 0 Å². The predicted molar refractivity (Wildman–Crippen MR) is 114 cm³/mol. The van der Waals surface area contributed by atoms with E-state index in [0.29, 0.717) is 0 Å². The number of nitrogens with zero attached hydrogens (tertiary/aromatic N) is 2. The summed E-state index contributed by atoms with van der Waals surface area (Å²) in [5.74, 6) is 0. The molecule has 0 atom stereocenters. The smallest absolute Gasteiger partial charge is 0.169 e. The van der Waals surface area contributed by atoms with Crippen molar-refractivity contribution < 1.29 is 4.57 Å². The molecule has 0 bridgehead atoms. The van der Waals surface area contributed by atoms with Gasteiger partial charge in [-0.25, -0.2) is 4.57 Å². The van der Waals surface area contributed by atoms with Crippen LogP contribution in [-0.4, -0.2) is 13.1 Å². The molecule has 0 aliphatic heterocycles. The molecule has 0 aliphatic carbocycles. The second-order valence-electron chi connectivity index (χ2n) is 7.12. The van der Waals surface area contributed by atoms with Crippen molar-refractivity contribution in [2.24, 2.45) is 7.05 Å². The maximum Gasteiger partial charge on any atom is 0.169 e. The van der Waals surface area contributed by atoms with Crippen molar-refractivity contribution in [2.45, 2.75) is 52.4 Å². The molecule has 2 aromatic rings. The Morgan fingerprint density at radius 2 is 1.23 bits per heavy atom. The molecular formula is C24H35N2+. The summed E-state index contributed by atoms with van der Waals surface area (Å²) >= 11 is 0. The number of pyridine rings is 1. The second kappa shape index (κ2) is 11.5. The first-order chi connectivity index (χ1) is 12.7. The molecule has 0 unspecified atom stereocenters. The Bertz CT molecular complexity index is 631. The summed E-state index contributed by atoms with van der Waals surface area (Å²) in [7, 11) is 2.04. The van der Waals surface area contributed by atoms with E-state index in [2.05, 4.69) is 84.3 Å². The normalized spacial score (nSPS) is 11.2. The fourth-order valence-corrected chi connectivity index (χ4v) is 3.09. The summed E-state index contributed by atoms with van der Waals surface area (Å²) in [4.78, 5) is 2.57. The van der Waals surface area contributed by atoms with Crippen LogP contribution < -0.4 is 9.47 Å². The summed E-state index contributed by atoms with van der Waals surface area (Å²) in [6, 6.07) is 13.3. The van der Waals surface area contributed by atoms with Gasteiger partial charge in [0.15, 0.2) is 12.4 Å². The molecule has 26 heavy (non-hydrogen) atoms. The van der Waals surface area contributed by atoms with Crippen molar-refractivity contribution in [1.82, 2.24) is 0 Å². The Morgan fingerprint density at radius 3 is 1.73 bits per heavy atom. The Balaban J connectivity index is 1.99. The van der Waals surface area contributed by atoms with Crippen LogP contribution in [0.15, 0.2) is 48.8 Å². The average molecular weight is 352 g/mol. The van der Waals surface area contributed by atoms with E-state index in [1.165, 1.54) is 68.4 Å². The van der Waals surface area contributed by atoms with Crippen LogP contribution in [0.2, 0.25) is 0 Å². The Morgan fingerprint density at radius 1 is 0.731 bits per heavy atom. The summed E-state index contributed by atoms with van der Waals surface area (Å²) in [6.45, 7) is 6.89. The van der Waals surface area contributed by atoms with Gasteiger partial charge >= 0.3 is 0 Å². The molecule has 1 heterocycles. The van der Waals surface area contributed by atoms with Crippen molar-refractivity contribution in [3.05, 3.63) is 59.9 Å². The fraction of sp³-hybridized carbons (Fsp3) is 0.458. The molecule has 0 spiro atoms. The summed E-state index contributed by atoms with van der Waals surface area (Å²) < 4.78 is 2.05. The zero-order valence-corrected chi connectivity index (χ0v) is 16.8. The van der Waals surface area contributed by atoms with Gasteiger partial charge in [-0.05, 0) is 36.1 Å². The Labute approximate surface area is 160 Å².